The normalized spacial score (nSPS) is 29.7. The average Bonchev–Trinajstić information content (AvgIpc) is 2.61. The van der Waals surface area contributed by atoms with Gasteiger partial charge in [-0.2, -0.15) is 0 Å². The van der Waals surface area contributed by atoms with E-state index in [0.29, 0.717) is 5.54 Å². The fourth-order valence-electron chi connectivity index (χ4n) is 1.78. The van der Waals surface area contributed by atoms with Gasteiger partial charge in [0, 0.05) is 5.54 Å². The highest BCUT2D eigenvalue weighted by atomic mass is 14.8. The SMILES string of the molecule is NC1(CCC2CC2)CCC1. The Balaban J connectivity index is 1.67. The van der Waals surface area contributed by atoms with E-state index in [0.717, 1.165) is 5.92 Å². The maximum atomic E-state index is 6.08. The van der Waals surface area contributed by atoms with E-state index in [2.05, 4.69) is 0 Å². The molecule has 2 saturated carbocycles. The average molecular weight is 139 g/mol. The monoisotopic (exact) mass is 139 g/mol. The lowest BCUT2D eigenvalue weighted by atomic mass is 9.74. The minimum Gasteiger partial charge on any atom is -0.325 e. The lowest BCUT2D eigenvalue weighted by molar-refractivity contribution is 0.223. The summed E-state index contributed by atoms with van der Waals surface area (Å²) in [5.74, 6) is 1.07. The second-order valence-electron chi connectivity index (χ2n) is 4.20. The highest BCUT2D eigenvalue weighted by molar-refractivity contribution is 4.93. The van der Waals surface area contributed by atoms with Gasteiger partial charge < -0.3 is 5.73 Å². The molecule has 0 aromatic heterocycles. The Hall–Kier alpha value is -0.0400. The Morgan fingerprint density at radius 3 is 2.40 bits per heavy atom. The summed E-state index contributed by atoms with van der Waals surface area (Å²) in [6.45, 7) is 0. The van der Waals surface area contributed by atoms with Crippen LogP contribution in [-0.4, -0.2) is 5.54 Å². The van der Waals surface area contributed by atoms with E-state index in [9.17, 15) is 0 Å². The van der Waals surface area contributed by atoms with Crippen molar-refractivity contribution in [3.05, 3.63) is 0 Å². The van der Waals surface area contributed by atoms with Gasteiger partial charge in [0.15, 0.2) is 0 Å². The molecule has 0 bridgehead atoms. The smallest absolute Gasteiger partial charge is 0.0154 e. The Labute approximate surface area is 63.0 Å². The molecule has 0 radical (unpaired) electrons. The molecule has 1 heteroatoms. The van der Waals surface area contributed by atoms with Crippen molar-refractivity contribution >= 4 is 0 Å². The second-order valence-corrected chi connectivity index (χ2v) is 4.20. The van der Waals surface area contributed by atoms with E-state index in [1.807, 2.05) is 0 Å². The Bertz CT molecular complexity index is 123. The maximum Gasteiger partial charge on any atom is 0.0154 e. The molecule has 0 atom stereocenters. The summed E-state index contributed by atoms with van der Waals surface area (Å²) in [7, 11) is 0. The van der Waals surface area contributed by atoms with Gasteiger partial charge in [0.25, 0.3) is 0 Å². The molecule has 1 nitrogen and oxygen atoms in total. The van der Waals surface area contributed by atoms with E-state index in [1.165, 1.54) is 44.9 Å². The van der Waals surface area contributed by atoms with Crippen molar-refractivity contribution in [3.63, 3.8) is 0 Å². The van der Waals surface area contributed by atoms with Gasteiger partial charge in [0.05, 0.1) is 0 Å². The molecule has 0 saturated heterocycles. The summed E-state index contributed by atoms with van der Waals surface area (Å²) in [5.41, 5.74) is 6.37. The number of nitrogens with two attached hydrogens (primary N) is 1. The zero-order chi connectivity index (χ0) is 7.03. The van der Waals surface area contributed by atoms with Crippen molar-refractivity contribution in [3.8, 4) is 0 Å². The third kappa shape index (κ3) is 1.34. The fraction of sp³-hybridized carbons (Fsp3) is 1.00. The fourth-order valence-corrected chi connectivity index (χ4v) is 1.78. The molecule has 0 aliphatic heterocycles. The molecule has 2 aliphatic rings. The molecule has 0 aromatic carbocycles. The minimum atomic E-state index is 0.294. The van der Waals surface area contributed by atoms with Gasteiger partial charge in [-0.05, 0) is 38.0 Å². The van der Waals surface area contributed by atoms with Gasteiger partial charge in [-0.25, -0.2) is 0 Å². The topological polar surface area (TPSA) is 26.0 Å². The Morgan fingerprint density at radius 1 is 1.30 bits per heavy atom. The first-order chi connectivity index (χ1) is 4.79. The van der Waals surface area contributed by atoms with Gasteiger partial charge in [-0.15, -0.1) is 0 Å². The third-order valence-electron chi connectivity index (χ3n) is 3.10. The first kappa shape index (κ1) is 6.66. The van der Waals surface area contributed by atoms with Gasteiger partial charge in [-0.1, -0.05) is 12.8 Å². The van der Waals surface area contributed by atoms with Crippen LogP contribution in [0, 0.1) is 5.92 Å². The molecule has 0 aromatic rings. The van der Waals surface area contributed by atoms with Crippen LogP contribution >= 0.6 is 0 Å². The van der Waals surface area contributed by atoms with Crippen LogP contribution in [0.3, 0.4) is 0 Å². The molecule has 2 fully saturated rings. The van der Waals surface area contributed by atoms with E-state index >= 15 is 0 Å². The molecule has 2 rings (SSSR count). The van der Waals surface area contributed by atoms with E-state index in [4.69, 9.17) is 5.73 Å². The molecular formula is C9H17N. The first-order valence-corrected chi connectivity index (χ1v) is 4.57. The summed E-state index contributed by atoms with van der Waals surface area (Å²) in [6.07, 6.45) is 9.64. The van der Waals surface area contributed by atoms with Crippen LogP contribution in [0.15, 0.2) is 0 Å². The van der Waals surface area contributed by atoms with Crippen molar-refractivity contribution in [2.24, 2.45) is 11.7 Å². The van der Waals surface area contributed by atoms with Crippen LogP contribution in [0.2, 0.25) is 0 Å². The van der Waals surface area contributed by atoms with Gasteiger partial charge in [0.1, 0.15) is 0 Å². The Morgan fingerprint density at radius 2 is 2.00 bits per heavy atom. The quantitative estimate of drug-likeness (QED) is 0.636. The minimum absolute atomic E-state index is 0.294. The predicted octanol–water partition coefficient (Wildman–Crippen LogP) is 2.06. The van der Waals surface area contributed by atoms with Crippen molar-refractivity contribution in [1.29, 1.82) is 0 Å². The van der Waals surface area contributed by atoms with Crippen LogP contribution in [0.4, 0.5) is 0 Å². The third-order valence-corrected chi connectivity index (χ3v) is 3.10. The highest BCUT2D eigenvalue weighted by Crippen LogP contribution is 2.40. The molecule has 0 amide bonds. The van der Waals surface area contributed by atoms with Crippen molar-refractivity contribution in [2.75, 3.05) is 0 Å². The maximum absolute atomic E-state index is 6.08. The number of hydrogen-bond donors (Lipinski definition) is 1. The standard InChI is InChI=1S/C9H17N/c10-9(5-1-6-9)7-4-8-2-3-8/h8H,1-7,10H2. The summed E-state index contributed by atoms with van der Waals surface area (Å²) in [4.78, 5) is 0. The summed E-state index contributed by atoms with van der Waals surface area (Å²) in [6, 6.07) is 0. The molecule has 0 spiro atoms. The molecule has 2 aliphatic carbocycles. The second kappa shape index (κ2) is 2.23. The van der Waals surface area contributed by atoms with Gasteiger partial charge in [-0.3, -0.25) is 0 Å². The zero-order valence-electron chi connectivity index (χ0n) is 6.60. The molecule has 10 heavy (non-hydrogen) atoms. The Kier molecular flexibility index (Phi) is 1.48. The molecule has 0 unspecified atom stereocenters. The summed E-state index contributed by atoms with van der Waals surface area (Å²) >= 11 is 0. The molecule has 58 valence electrons. The lowest BCUT2D eigenvalue weighted by Crippen LogP contribution is -2.46. The van der Waals surface area contributed by atoms with Crippen molar-refractivity contribution in [1.82, 2.24) is 0 Å². The van der Waals surface area contributed by atoms with Crippen molar-refractivity contribution in [2.45, 2.75) is 50.5 Å². The van der Waals surface area contributed by atoms with E-state index in [-0.39, 0.29) is 0 Å². The largest absolute Gasteiger partial charge is 0.325 e. The lowest BCUT2D eigenvalue weighted by Gasteiger charge is -2.38. The predicted molar refractivity (Wildman–Crippen MR) is 42.7 cm³/mol. The number of rotatable bonds is 3. The van der Waals surface area contributed by atoms with Crippen LogP contribution < -0.4 is 5.73 Å². The van der Waals surface area contributed by atoms with Gasteiger partial charge in [0.2, 0.25) is 0 Å². The van der Waals surface area contributed by atoms with E-state index < -0.39 is 0 Å². The van der Waals surface area contributed by atoms with Crippen LogP contribution in [0.1, 0.15) is 44.9 Å². The van der Waals surface area contributed by atoms with Gasteiger partial charge >= 0.3 is 0 Å². The van der Waals surface area contributed by atoms with Crippen LogP contribution in [-0.2, 0) is 0 Å². The first-order valence-electron chi connectivity index (χ1n) is 4.57. The van der Waals surface area contributed by atoms with Crippen LogP contribution in [0.25, 0.3) is 0 Å². The number of hydrogen-bond acceptors (Lipinski definition) is 1. The summed E-state index contributed by atoms with van der Waals surface area (Å²) < 4.78 is 0. The zero-order valence-corrected chi connectivity index (χ0v) is 6.60. The van der Waals surface area contributed by atoms with Crippen LogP contribution in [0.5, 0.6) is 0 Å². The molecule has 0 heterocycles. The molecule has 2 N–H and O–H groups in total. The molecular weight excluding hydrogens is 122 g/mol. The van der Waals surface area contributed by atoms with Crippen molar-refractivity contribution < 1.29 is 0 Å². The summed E-state index contributed by atoms with van der Waals surface area (Å²) in [5, 5.41) is 0. The highest BCUT2D eigenvalue weighted by Gasteiger charge is 2.34. The van der Waals surface area contributed by atoms with E-state index in [1.54, 1.807) is 0 Å².